The topological polar surface area (TPSA) is 87.7 Å². The summed E-state index contributed by atoms with van der Waals surface area (Å²) >= 11 is -4.90. The van der Waals surface area contributed by atoms with Gasteiger partial charge < -0.3 is 0 Å². The van der Waals surface area contributed by atoms with Crippen LogP contribution in [0.15, 0.2) is 63.8 Å². The van der Waals surface area contributed by atoms with Gasteiger partial charge in [-0.1, -0.05) is 0 Å². The number of hydrogen-bond donors (Lipinski definition) is 2. The zero-order valence-corrected chi connectivity index (χ0v) is 12.6. The van der Waals surface area contributed by atoms with Crippen molar-refractivity contribution in [3.05, 3.63) is 65.0 Å². The van der Waals surface area contributed by atoms with Crippen molar-refractivity contribution in [2.45, 2.75) is 0 Å². The molecule has 5 nitrogen and oxygen atoms in total. The molecule has 0 saturated carbocycles. The summed E-state index contributed by atoms with van der Waals surface area (Å²) in [5, 5.41) is 0.787. The van der Waals surface area contributed by atoms with E-state index in [0.29, 0.717) is 16.7 Å². The van der Waals surface area contributed by atoms with Crippen LogP contribution in [0.5, 0.6) is 0 Å². The molecule has 3 aromatic rings. The van der Waals surface area contributed by atoms with Crippen molar-refractivity contribution >= 4 is 29.5 Å². The minimum atomic E-state index is -4.90. The Labute approximate surface area is 122 Å². The summed E-state index contributed by atoms with van der Waals surface area (Å²) in [6, 6.07) is 14.6. The Hall–Kier alpha value is -2.07. The Kier molecular flexibility index (Phi) is 3.33. The Morgan fingerprint density at radius 1 is 0.952 bits per heavy atom. The van der Waals surface area contributed by atoms with E-state index in [1.165, 1.54) is 24.3 Å². The molecule has 0 spiro atoms. The molecular formula is C15H11AsO5. The number of benzene rings is 2. The molecule has 0 bridgehead atoms. The van der Waals surface area contributed by atoms with Crippen LogP contribution in [0, 0.1) is 0 Å². The first-order valence-corrected chi connectivity index (χ1v) is 9.53. The number of rotatable bonds is 2. The molecule has 106 valence electrons. The van der Waals surface area contributed by atoms with Gasteiger partial charge in [0.25, 0.3) is 0 Å². The first kappa shape index (κ1) is 13.9. The van der Waals surface area contributed by atoms with E-state index < -0.39 is 19.8 Å². The first-order chi connectivity index (χ1) is 9.95. The first-order valence-electron chi connectivity index (χ1n) is 6.14. The van der Waals surface area contributed by atoms with Gasteiger partial charge >= 0.3 is 122 Å². The monoisotopic (exact) mass is 346 g/mol. The summed E-state index contributed by atoms with van der Waals surface area (Å²) in [5.74, 6) is 0. The van der Waals surface area contributed by atoms with Crippen molar-refractivity contribution in [2.24, 2.45) is 0 Å². The molecule has 0 amide bonds. The molecule has 1 aromatic heterocycles. The number of hydrogen-bond acceptors (Lipinski definition) is 3. The van der Waals surface area contributed by atoms with Gasteiger partial charge in [-0.15, -0.1) is 0 Å². The van der Waals surface area contributed by atoms with E-state index in [-0.39, 0.29) is 4.35 Å². The third kappa shape index (κ3) is 2.72. The Balaban J connectivity index is 2.14. The molecule has 6 heteroatoms. The van der Waals surface area contributed by atoms with E-state index in [1.807, 2.05) is 12.1 Å². The van der Waals surface area contributed by atoms with E-state index in [0.717, 1.165) is 5.39 Å². The van der Waals surface area contributed by atoms with Crippen LogP contribution >= 0.6 is 0 Å². The fraction of sp³-hybridized carbons (Fsp3) is 0. The zero-order chi connectivity index (χ0) is 15.0. The molecule has 0 unspecified atom stereocenters. The third-order valence-corrected chi connectivity index (χ3v) is 5.19. The summed E-state index contributed by atoms with van der Waals surface area (Å²) in [6.45, 7) is 0. The van der Waals surface area contributed by atoms with Crippen molar-refractivity contribution in [2.75, 3.05) is 0 Å². The fourth-order valence-corrected chi connectivity index (χ4v) is 3.23. The average molecular weight is 346 g/mol. The molecule has 21 heavy (non-hydrogen) atoms. The van der Waals surface area contributed by atoms with Crippen LogP contribution in [-0.2, 0) is 3.74 Å². The standard InChI is InChI=1S/C15H11AsO5/c17-15-13(9-11-3-1-2-4-14(11)21-15)10-5-7-12(8-6-10)16(18,19)20/h1-9H,(H2,18,19,20). The quantitative estimate of drug-likeness (QED) is 0.534. The van der Waals surface area contributed by atoms with Crippen LogP contribution in [0.2, 0.25) is 0 Å². The Morgan fingerprint density at radius 2 is 1.62 bits per heavy atom. The van der Waals surface area contributed by atoms with Gasteiger partial charge in [0.2, 0.25) is 0 Å². The van der Waals surface area contributed by atoms with Crippen LogP contribution in [-0.4, -0.2) is 22.4 Å². The molecule has 0 aliphatic rings. The van der Waals surface area contributed by atoms with Gasteiger partial charge in [0.05, 0.1) is 0 Å². The molecule has 0 radical (unpaired) electrons. The van der Waals surface area contributed by atoms with Crippen molar-refractivity contribution in [1.29, 1.82) is 0 Å². The van der Waals surface area contributed by atoms with E-state index in [9.17, 15) is 8.53 Å². The summed E-state index contributed by atoms with van der Waals surface area (Å²) in [6.07, 6.45) is 0. The fourth-order valence-electron chi connectivity index (χ4n) is 2.10. The molecule has 3 rings (SSSR count). The maximum absolute atomic E-state index is 12.0. The number of para-hydroxylation sites is 1. The number of fused-ring (bicyclic) bond motifs is 1. The van der Waals surface area contributed by atoms with Crippen molar-refractivity contribution < 1.29 is 16.3 Å². The van der Waals surface area contributed by atoms with E-state index in [1.54, 1.807) is 18.2 Å². The average Bonchev–Trinajstić information content (AvgIpc) is 2.46. The van der Waals surface area contributed by atoms with Gasteiger partial charge in [0.15, 0.2) is 0 Å². The van der Waals surface area contributed by atoms with Gasteiger partial charge in [-0.05, 0) is 0 Å². The van der Waals surface area contributed by atoms with Gasteiger partial charge in [-0.25, -0.2) is 0 Å². The Bertz CT molecular complexity index is 905. The molecule has 2 aromatic carbocycles. The van der Waals surface area contributed by atoms with Gasteiger partial charge in [-0.2, -0.15) is 0 Å². The molecule has 0 aliphatic carbocycles. The van der Waals surface area contributed by atoms with Crippen molar-refractivity contribution in [3.63, 3.8) is 0 Å². The molecule has 1 heterocycles. The van der Waals surface area contributed by atoms with Crippen molar-refractivity contribution in [3.8, 4) is 11.1 Å². The van der Waals surface area contributed by atoms with Gasteiger partial charge in [0, 0.05) is 0 Å². The van der Waals surface area contributed by atoms with E-state index in [4.69, 9.17) is 12.6 Å². The SMILES string of the molecule is O=c1oc2ccccc2cc1-c1ccc([As](=O)(O)O)cc1. The molecule has 0 aliphatic heterocycles. The minimum absolute atomic E-state index is 0.0259. The Morgan fingerprint density at radius 3 is 2.29 bits per heavy atom. The second-order valence-electron chi connectivity index (χ2n) is 4.58. The maximum atomic E-state index is 12.0. The zero-order valence-electron chi connectivity index (χ0n) is 10.8. The van der Waals surface area contributed by atoms with E-state index >= 15 is 0 Å². The molecular weight excluding hydrogens is 335 g/mol. The predicted molar refractivity (Wildman–Crippen MR) is 78.4 cm³/mol. The van der Waals surface area contributed by atoms with Crippen LogP contribution < -0.4 is 9.98 Å². The van der Waals surface area contributed by atoms with E-state index in [2.05, 4.69) is 0 Å². The normalized spacial score (nSPS) is 11.7. The molecule has 0 fully saturated rings. The van der Waals surface area contributed by atoms with Crippen LogP contribution in [0.25, 0.3) is 22.1 Å². The van der Waals surface area contributed by atoms with Crippen LogP contribution in [0.3, 0.4) is 0 Å². The third-order valence-electron chi connectivity index (χ3n) is 3.16. The van der Waals surface area contributed by atoms with Gasteiger partial charge in [0.1, 0.15) is 0 Å². The summed E-state index contributed by atoms with van der Waals surface area (Å²) in [4.78, 5) is 12.0. The van der Waals surface area contributed by atoms with Gasteiger partial charge in [-0.3, -0.25) is 0 Å². The molecule has 0 atom stereocenters. The van der Waals surface area contributed by atoms with Crippen LogP contribution in [0.1, 0.15) is 0 Å². The molecule has 2 N–H and O–H groups in total. The molecule has 0 saturated heterocycles. The second kappa shape index (κ2) is 5.04. The summed E-state index contributed by atoms with van der Waals surface area (Å²) < 4.78 is 34.7. The second-order valence-corrected chi connectivity index (χ2v) is 7.94. The summed E-state index contributed by atoms with van der Waals surface area (Å²) in [7, 11) is 0. The summed E-state index contributed by atoms with van der Waals surface area (Å²) in [5.41, 5.74) is 0.935. The predicted octanol–water partition coefficient (Wildman–Crippen LogP) is 1.02. The van der Waals surface area contributed by atoms with Crippen LogP contribution in [0.4, 0.5) is 0 Å². The van der Waals surface area contributed by atoms with Crippen molar-refractivity contribution in [1.82, 2.24) is 0 Å².